The van der Waals surface area contributed by atoms with E-state index < -0.39 is 17.7 Å². The van der Waals surface area contributed by atoms with Crippen molar-refractivity contribution in [2.45, 2.75) is 12.7 Å². The van der Waals surface area contributed by atoms with Crippen molar-refractivity contribution in [3.8, 4) is 11.5 Å². The van der Waals surface area contributed by atoms with E-state index in [9.17, 15) is 9.59 Å². The summed E-state index contributed by atoms with van der Waals surface area (Å²) in [4.78, 5) is 24.5. The molecule has 0 amide bonds. The molecule has 6 heteroatoms. The molecule has 1 aliphatic heterocycles. The Bertz CT molecular complexity index is 1290. The molecule has 0 fully saturated rings. The predicted octanol–water partition coefficient (Wildman–Crippen LogP) is 3.83. The van der Waals surface area contributed by atoms with Gasteiger partial charge in [0.05, 0.1) is 0 Å². The number of rotatable bonds is 3. The van der Waals surface area contributed by atoms with Crippen LogP contribution in [0, 0.1) is 0 Å². The summed E-state index contributed by atoms with van der Waals surface area (Å²) < 4.78 is 22.1. The van der Waals surface area contributed by atoms with Crippen molar-refractivity contribution in [3.05, 3.63) is 82.7 Å². The average Bonchev–Trinajstić information content (AvgIpc) is 2.76. The fourth-order valence-electron chi connectivity index (χ4n) is 3.51. The van der Waals surface area contributed by atoms with Gasteiger partial charge in [-0.2, -0.15) is 0 Å². The monoisotopic (exact) mass is 388 g/mol. The lowest BCUT2D eigenvalue weighted by atomic mass is 10.0. The van der Waals surface area contributed by atoms with E-state index in [1.165, 1.54) is 6.07 Å². The van der Waals surface area contributed by atoms with Gasteiger partial charge in [0.25, 0.3) is 0 Å². The lowest BCUT2D eigenvalue weighted by Gasteiger charge is -2.25. The Morgan fingerprint density at radius 1 is 1.00 bits per heavy atom. The van der Waals surface area contributed by atoms with Crippen molar-refractivity contribution < 1.29 is 23.4 Å². The molecule has 0 N–H and O–H groups in total. The van der Waals surface area contributed by atoms with Crippen LogP contribution in [-0.2, 0) is 16.1 Å². The maximum absolute atomic E-state index is 12.5. The molecule has 0 radical (unpaired) electrons. The third-order valence-corrected chi connectivity index (χ3v) is 4.86. The number of benzene rings is 3. The highest BCUT2D eigenvalue weighted by molar-refractivity contribution is 6.07. The third-order valence-electron chi connectivity index (χ3n) is 4.86. The second kappa shape index (κ2) is 6.98. The van der Waals surface area contributed by atoms with Crippen LogP contribution in [0.5, 0.6) is 11.5 Å². The molecule has 0 saturated carbocycles. The Kier molecular flexibility index (Phi) is 4.17. The van der Waals surface area contributed by atoms with Crippen molar-refractivity contribution >= 4 is 27.7 Å². The summed E-state index contributed by atoms with van der Waals surface area (Å²) in [5.74, 6) is 0.535. The minimum absolute atomic E-state index is 0.0659. The van der Waals surface area contributed by atoms with E-state index in [4.69, 9.17) is 18.6 Å². The second-order valence-corrected chi connectivity index (χ2v) is 6.72. The first-order valence-corrected chi connectivity index (χ1v) is 9.19. The zero-order valence-corrected chi connectivity index (χ0v) is 15.3. The number of para-hydroxylation sites is 2. The normalized spacial score (nSPS) is 15.4. The van der Waals surface area contributed by atoms with E-state index >= 15 is 0 Å². The molecule has 0 spiro atoms. The number of carbonyl (C=O) groups is 1. The smallest absolute Gasteiger partial charge is 0.351 e. The van der Waals surface area contributed by atoms with Gasteiger partial charge < -0.3 is 18.6 Å². The van der Waals surface area contributed by atoms with Gasteiger partial charge in [-0.3, -0.25) is 0 Å². The van der Waals surface area contributed by atoms with Crippen LogP contribution in [0.25, 0.3) is 21.7 Å². The number of carbonyl (C=O) groups excluding carboxylic acids is 1. The second-order valence-electron chi connectivity index (χ2n) is 6.72. The lowest BCUT2D eigenvalue weighted by Crippen LogP contribution is -2.37. The molecule has 4 aromatic rings. The third kappa shape index (κ3) is 3.18. The van der Waals surface area contributed by atoms with Gasteiger partial charge in [0.1, 0.15) is 18.8 Å². The molecule has 1 aromatic heterocycles. The summed E-state index contributed by atoms with van der Waals surface area (Å²) in [5.41, 5.74) is 0.539. The summed E-state index contributed by atoms with van der Waals surface area (Å²) in [6.07, 6.45) is -0.868. The summed E-state index contributed by atoms with van der Waals surface area (Å²) in [6.45, 7) is -0.00704. The van der Waals surface area contributed by atoms with Crippen molar-refractivity contribution in [2.24, 2.45) is 0 Å². The zero-order valence-electron chi connectivity index (χ0n) is 15.3. The number of hydrogen-bond donors (Lipinski definition) is 0. The number of ether oxygens (including phenoxy) is 3. The van der Waals surface area contributed by atoms with Crippen LogP contribution in [0.15, 0.2) is 75.9 Å². The number of esters is 1. The van der Waals surface area contributed by atoms with E-state index in [1.807, 2.05) is 36.4 Å². The van der Waals surface area contributed by atoms with Crippen molar-refractivity contribution in [3.63, 3.8) is 0 Å². The van der Waals surface area contributed by atoms with E-state index in [1.54, 1.807) is 24.3 Å². The van der Waals surface area contributed by atoms with Gasteiger partial charge in [0.2, 0.25) is 6.10 Å². The molecule has 144 valence electrons. The van der Waals surface area contributed by atoms with Gasteiger partial charge in [-0.05, 0) is 29.0 Å². The fraction of sp³-hybridized carbons (Fsp3) is 0.130. The molecule has 5 rings (SSSR count). The highest BCUT2D eigenvalue weighted by Gasteiger charge is 2.29. The van der Waals surface area contributed by atoms with Crippen LogP contribution in [0.3, 0.4) is 0 Å². The molecule has 3 aromatic carbocycles. The highest BCUT2D eigenvalue weighted by Crippen LogP contribution is 2.31. The van der Waals surface area contributed by atoms with Crippen LogP contribution in [0.1, 0.15) is 5.56 Å². The molecular weight excluding hydrogens is 372 g/mol. The van der Waals surface area contributed by atoms with Crippen LogP contribution in [-0.4, -0.2) is 18.7 Å². The van der Waals surface area contributed by atoms with Gasteiger partial charge in [-0.1, -0.05) is 42.5 Å². The first-order valence-electron chi connectivity index (χ1n) is 9.19. The highest BCUT2D eigenvalue weighted by atomic mass is 16.6. The van der Waals surface area contributed by atoms with Crippen LogP contribution < -0.4 is 15.1 Å². The maximum Gasteiger partial charge on any atom is 0.351 e. The van der Waals surface area contributed by atoms with E-state index in [0.717, 1.165) is 16.2 Å². The molecule has 0 bridgehead atoms. The van der Waals surface area contributed by atoms with Crippen molar-refractivity contribution in [1.29, 1.82) is 0 Å². The Labute approximate surface area is 165 Å². The van der Waals surface area contributed by atoms with Crippen LogP contribution >= 0.6 is 0 Å². The molecule has 2 heterocycles. The number of hydrogen-bond acceptors (Lipinski definition) is 6. The molecule has 29 heavy (non-hydrogen) atoms. The SMILES string of the molecule is O=C(OCc1cc(=O)oc2ccc3ccccc3c12)[C@@H]1COc2ccccc2O1. The van der Waals surface area contributed by atoms with Gasteiger partial charge in [0, 0.05) is 17.0 Å². The van der Waals surface area contributed by atoms with Crippen LogP contribution in [0.4, 0.5) is 0 Å². The largest absolute Gasteiger partial charge is 0.485 e. The molecule has 0 saturated heterocycles. The van der Waals surface area contributed by atoms with Crippen molar-refractivity contribution in [2.75, 3.05) is 6.61 Å². The Morgan fingerprint density at radius 3 is 2.69 bits per heavy atom. The molecule has 1 aliphatic rings. The topological polar surface area (TPSA) is 75.0 Å². The van der Waals surface area contributed by atoms with E-state index in [0.29, 0.717) is 22.6 Å². The molecule has 0 unspecified atom stereocenters. The minimum atomic E-state index is -0.868. The standard InChI is InChI=1S/C23H16O6/c24-21-11-15(22-16-6-2-1-5-14(16)9-10-19(22)29-21)12-27-23(25)20-13-26-17-7-3-4-8-18(17)28-20/h1-11,20H,12-13H2/t20-/m0/s1. The van der Waals surface area contributed by atoms with Gasteiger partial charge >= 0.3 is 11.6 Å². The van der Waals surface area contributed by atoms with Crippen LogP contribution in [0.2, 0.25) is 0 Å². The van der Waals surface area contributed by atoms with E-state index in [-0.39, 0.29) is 13.2 Å². The van der Waals surface area contributed by atoms with Gasteiger partial charge in [-0.25, -0.2) is 9.59 Å². The Hall–Kier alpha value is -3.80. The quantitative estimate of drug-likeness (QED) is 0.302. The fourth-order valence-corrected chi connectivity index (χ4v) is 3.51. The maximum atomic E-state index is 12.5. The Balaban J connectivity index is 1.43. The van der Waals surface area contributed by atoms with Gasteiger partial charge in [-0.15, -0.1) is 0 Å². The first-order chi connectivity index (χ1) is 14.2. The molecule has 1 atom stereocenters. The summed E-state index contributed by atoms with van der Waals surface area (Å²) in [6, 6.07) is 19.9. The summed E-state index contributed by atoms with van der Waals surface area (Å²) >= 11 is 0. The van der Waals surface area contributed by atoms with Crippen molar-refractivity contribution in [1.82, 2.24) is 0 Å². The molecular formula is C23H16O6. The van der Waals surface area contributed by atoms with E-state index in [2.05, 4.69) is 0 Å². The first kappa shape index (κ1) is 17.3. The van der Waals surface area contributed by atoms with Gasteiger partial charge in [0.15, 0.2) is 11.5 Å². The summed E-state index contributed by atoms with van der Waals surface area (Å²) in [5, 5.41) is 2.68. The Morgan fingerprint density at radius 2 is 1.79 bits per heavy atom. The lowest BCUT2D eigenvalue weighted by molar-refractivity contribution is -0.155. The average molecular weight is 388 g/mol. The zero-order chi connectivity index (χ0) is 19.8. The summed E-state index contributed by atoms with van der Waals surface area (Å²) in [7, 11) is 0. The minimum Gasteiger partial charge on any atom is -0.485 e. The molecule has 6 nitrogen and oxygen atoms in total. The predicted molar refractivity (Wildman–Crippen MR) is 106 cm³/mol. The number of fused-ring (bicyclic) bond motifs is 4. The molecule has 0 aliphatic carbocycles.